The zero-order valence-electron chi connectivity index (χ0n) is 65.7. The van der Waals surface area contributed by atoms with Crippen LogP contribution in [0.5, 0.6) is 0 Å². The lowest BCUT2D eigenvalue weighted by molar-refractivity contribution is 0.977. The van der Waals surface area contributed by atoms with Crippen molar-refractivity contribution in [1.82, 2.24) is 0 Å². The Morgan fingerprint density at radius 3 is 0.775 bits per heavy atom. The lowest BCUT2D eigenvalue weighted by Crippen LogP contribution is -2.12. The number of anilines is 12. The van der Waals surface area contributed by atoms with Gasteiger partial charge in [-0.2, -0.15) is 0 Å². The molecule has 15 rings (SSSR count). The van der Waals surface area contributed by atoms with Crippen LogP contribution in [0.15, 0.2) is 372 Å². The summed E-state index contributed by atoms with van der Waals surface area (Å²) in [5.74, 6) is 0.270. The second kappa shape index (κ2) is 35.2. The molecule has 4 heteroatoms. The van der Waals surface area contributed by atoms with Gasteiger partial charge in [0.2, 0.25) is 0 Å². The van der Waals surface area contributed by atoms with Gasteiger partial charge in [-0.3, -0.25) is 0 Å². The van der Waals surface area contributed by atoms with Crippen molar-refractivity contribution in [2.45, 2.75) is 75.2 Å². The van der Waals surface area contributed by atoms with Crippen molar-refractivity contribution in [3.05, 3.63) is 461 Å². The molecule has 0 bridgehead atoms. The van der Waals surface area contributed by atoms with Crippen LogP contribution in [0, 0.1) is 69.2 Å². The van der Waals surface area contributed by atoms with Gasteiger partial charge in [-0.15, -0.1) is 0 Å². The molecule has 0 saturated heterocycles. The topological polar surface area (TPSA) is 13.0 Å². The molecule has 111 heavy (non-hydrogen) atoms. The van der Waals surface area contributed by atoms with Crippen LogP contribution in [-0.2, 0) is 0 Å². The number of rotatable bonds is 20. The van der Waals surface area contributed by atoms with E-state index in [1.54, 1.807) is 0 Å². The molecule has 15 aromatic rings. The summed E-state index contributed by atoms with van der Waals surface area (Å²) in [6.45, 7) is 33.4. The Kier molecular flexibility index (Phi) is 24.1. The fraction of sp³-hybridized carbons (Fsp3) is 0.103. The molecule has 0 amide bonds. The minimum absolute atomic E-state index is 0.270. The van der Waals surface area contributed by atoms with Crippen molar-refractivity contribution in [3.8, 4) is 22.3 Å². The van der Waals surface area contributed by atoms with Gasteiger partial charge in [-0.05, 0) is 326 Å². The second-order valence-electron chi connectivity index (χ2n) is 29.1. The molecule has 0 aliphatic carbocycles. The predicted octanol–water partition coefficient (Wildman–Crippen LogP) is 30.5. The van der Waals surface area contributed by atoms with Crippen LogP contribution in [0.2, 0.25) is 0 Å². The van der Waals surface area contributed by atoms with Crippen LogP contribution in [0.25, 0.3) is 40.5 Å². The zero-order chi connectivity index (χ0) is 77.5. The summed E-state index contributed by atoms with van der Waals surface area (Å²) in [6.07, 6.45) is 5.71. The minimum Gasteiger partial charge on any atom is -0.310 e. The zero-order valence-corrected chi connectivity index (χ0v) is 65.7. The molecule has 0 saturated carbocycles. The summed E-state index contributed by atoms with van der Waals surface area (Å²) < 4.78 is 0. The lowest BCUT2D eigenvalue weighted by atomic mass is 9.85. The van der Waals surface area contributed by atoms with Gasteiger partial charge in [-0.25, -0.2) is 0 Å². The van der Waals surface area contributed by atoms with Gasteiger partial charge in [0.1, 0.15) is 0 Å². The van der Waals surface area contributed by atoms with Crippen molar-refractivity contribution in [2.75, 3.05) is 19.6 Å². The van der Waals surface area contributed by atoms with Gasteiger partial charge in [0, 0.05) is 74.2 Å². The van der Waals surface area contributed by atoms with Gasteiger partial charge >= 0.3 is 0 Å². The quantitative estimate of drug-likeness (QED) is 0.0705. The number of hydrogen-bond donors (Lipinski definition) is 0. The molecule has 0 N–H and O–H groups in total. The molecule has 15 aromatic carbocycles. The highest BCUT2D eigenvalue weighted by Crippen LogP contribution is 2.44. The highest BCUT2D eigenvalue weighted by molar-refractivity contribution is 5.86. The maximum atomic E-state index is 3.99. The van der Waals surface area contributed by atoms with E-state index in [1.165, 1.54) is 106 Å². The third-order valence-electron chi connectivity index (χ3n) is 20.6. The lowest BCUT2D eigenvalue weighted by Gasteiger charge is -2.29. The Morgan fingerprint density at radius 1 is 0.207 bits per heavy atom. The Labute approximate surface area is 659 Å². The van der Waals surface area contributed by atoms with Gasteiger partial charge < -0.3 is 19.6 Å². The summed E-state index contributed by atoms with van der Waals surface area (Å²) in [5.41, 5.74) is 38.2. The molecule has 0 radical (unpaired) electrons. The average Bonchev–Trinajstić information content (AvgIpc) is 0.788. The number of aryl methyl sites for hydroxylation is 10. The van der Waals surface area contributed by atoms with Crippen molar-refractivity contribution in [2.24, 2.45) is 0 Å². The molecule has 0 aliphatic heterocycles. The van der Waals surface area contributed by atoms with Gasteiger partial charge in [0.15, 0.2) is 0 Å². The van der Waals surface area contributed by atoms with Crippen LogP contribution >= 0.6 is 0 Å². The van der Waals surface area contributed by atoms with Gasteiger partial charge in [-0.1, -0.05) is 244 Å². The highest BCUT2D eigenvalue weighted by atomic mass is 15.2. The van der Waals surface area contributed by atoms with E-state index in [4.69, 9.17) is 0 Å². The van der Waals surface area contributed by atoms with Crippen molar-refractivity contribution in [1.29, 1.82) is 0 Å². The van der Waals surface area contributed by atoms with E-state index < -0.39 is 0 Å². The molecule has 546 valence electrons. The average molecular weight is 1440 g/mol. The Hall–Kier alpha value is -13.3. The molecule has 0 unspecified atom stereocenters. The minimum atomic E-state index is 0.270. The van der Waals surface area contributed by atoms with Crippen molar-refractivity contribution < 1.29 is 0 Å². The maximum absolute atomic E-state index is 3.99. The third kappa shape index (κ3) is 18.1. The second-order valence-corrected chi connectivity index (χ2v) is 29.1. The first-order chi connectivity index (χ1) is 54.0. The molecule has 0 aromatic heterocycles. The van der Waals surface area contributed by atoms with E-state index in [0.717, 1.165) is 73.6 Å². The summed E-state index contributed by atoms with van der Waals surface area (Å²) in [5, 5.41) is 0. The molecule has 4 nitrogen and oxygen atoms in total. The molecular weight excluding hydrogens is 1340 g/mol. The summed E-state index contributed by atoms with van der Waals surface area (Å²) in [4.78, 5) is 9.38. The van der Waals surface area contributed by atoms with Gasteiger partial charge in [0.05, 0.1) is 0 Å². The first kappa shape index (κ1) is 75.9. The van der Waals surface area contributed by atoms with E-state index in [9.17, 15) is 0 Å². The fourth-order valence-corrected chi connectivity index (χ4v) is 14.9. The molecular formula is C107H98N4. The van der Waals surface area contributed by atoms with E-state index >= 15 is 0 Å². The summed E-state index contributed by atoms with van der Waals surface area (Å²) in [7, 11) is 0. The van der Waals surface area contributed by atoms with E-state index in [1.807, 2.05) is 18.2 Å². The monoisotopic (exact) mass is 1440 g/mol. The van der Waals surface area contributed by atoms with Crippen LogP contribution in [-0.4, -0.2) is 0 Å². The number of nitrogens with zero attached hydrogens (tertiary/aromatic N) is 4. The fourth-order valence-electron chi connectivity index (χ4n) is 14.9. The Balaban J connectivity index is 0.000000156. The predicted molar refractivity (Wildman–Crippen MR) is 480 cm³/mol. The molecule has 0 heterocycles. The molecule has 0 spiro atoms. The van der Waals surface area contributed by atoms with Crippen molar-refractivity contribution in [3.63, 3.8) is 0 Å². The number of benzene rings is 15. The highest BCUT2D eigenvalue weighted by Gasteiger charge is 2.22. The first-order valence-electron chi connectivity index (χ1n) is 38.3. The Bertz CT molecular complexity index is 5600. The van der Waals surface area contributed by atoms with Gasteiger partial charge in [0.25, 0.3) is 0 Å². The standard InChI is InChI=1S/C44H42N2.C42H38N2.C21H18/c1-8-36-18-21-42(29-33(36)5)46(41-17-11-14-32(4)26-41)44-23-20-38(28-35(44)7)37-19-22-43(34(6)27-37)45(39-15-9-12-30(2)24-39)40-16-10-13-31(3)25-40;1-6-34-16-25-42(29-33(34)5)44(41-15-9-12-32(4)28-41)38-23-19-36(20-24-38)35-17-21-37(22-18-35)43(39-13-7-10-30(2)26-39)40-14-8-11-31(3)27-40;1-2-17-13-15-20(16-14-17)21(18-9-5-3-6-10-18)19-11-7-4-8-12-19/h8-29H,1H2,2-7H3;6-29H,1H2,2-5H3;2-16,21H,1H2. The molecule has 0 atom stereocenters. The SMILES string of the molecule is C=Cc1ccc(C(c2ccccc2)c2ccccc2)cc1.C=Cc1ccc(N(c2ccc(-c3ccc(N(c4cccc(C)c4)c4cccc(C)c4)cc3)cc2)c2cccc(C)c2)cc1C.C=Cc1ccc(N(c2cccc(C)c2)c2ccc(-c3ccc(N(c4cccc(C)c4)c4cccc(C)c4)c(C)c3)cc2C)cc1C. The maximum Gasteiger partial charge on any atom is 0.0491 e. The van der Waals surface area contributed by atoms with E-state index in [-0.39, 0.29) is 5.92 Å². The van der Waals surface area contributed by atoms with Crippen LogP contribution in [0.1, 0.15) is 94.9 Å². The molecule has 0 fully saturated rings. The van der Waals surface area contributed by atoms with Crippen LogP contribution in [0.4, 0.5) is 68.2 Å². The first-order valence-corrected chi connectivity index (χ1v) is 38.3. The normalized spacial score (nSPS) is 10.8. The summed E-state index contributed by atoms with van der Waals surface area (Å²) >= 11 is 0. The van der Waals surface area contributed by atoms with Crippen LogP contribution < -0.4 is 19.6 Å². The van der Waals surface area contributed by atoms with E-state index in [2.05, 4.69) is 460 Å². The van der Waals surface area contributed by atoms with Crippen molar-refractivity contribution >= 4 is 86.5 Å². The van der Waals surface area contributed by atoms with Crippen LogP contribution in [0.3, 0.4) is 0 Å². The third-order valence-corrected chi connectivity index (χ3v) is 20.6. The largest absolute Gasteiger partial charge is 0.310 e. The molecule has 0 aliphatic rings. The summed E-state index contributed by atoms with van der Waals surface area (Å²) in [6, 6.07) is 127. The van der Waals surface area contributed by atoms with E-state index in [0.29, 0.717) is 0 Å². The number of hydrogen-bond acceptors (Lipinski definition) is 4. The Morgan fingerprint density at radius 2 is 0.486 bits per heavy atom. The smallest absolute Gasteiger partial charge is 0.0491 e.